The predicted molar refractivity (Wildman–Crippen MR) is 96.6 cm³/mol. The highest BCUT2D eigenvalue weighted by Crippen LogP contribution is 2.40. The number of hydrogen-bond acceptors (Lipinski definition) is 6. The molecule has 2 aromatic carbocycles. The molecule has 0 amide bonds. The Kier molecular flexibility index (Phi) is 6.16. The minimum absolute atomic E-state index is 0.170. The molecule has 1 unspecified atom stereocenters. The zero-order valence-electron chi connectivity index (χ0n) is 15.1. The van der Waals surface area contributed by atoms with Gasteiger partial charge in [0.1, 0.15) is 5.75 Å². The highest BCUT2D eigenvalue weighted by Gasteiger charge is 2.30. The molecule has 2 rings (SSSR count). The highest BCUT2D eigenvalue weighted by molar-refractivity contribution is 6.01. The Morgan fingerprint density at radius 3 is 2.08 bits per heavy atom. The number of nitrogens with zero attached hydrogens (tertiary/aromatic N) is 1. The van der Waals surface area contributed by atoms with Crippen molar-refractivity contribution in [2.45, 2.75) is 19.3 Å². The molecular weight excluding hydrogens is 338 g/mol. The highest BCUT2D eigenvalue weighted by atomic mass is 16.6. The lowest BCUT2D eigenvalue weighted by Crippen LogP contribution is -2.14. The van der Waals surface area contributed by atoms with E-state index in [1.807, 2.05) is 6.92 Å². The van der Waals surface area contributed by atoms with E-state index in [1.165, 1.54) is 26.4 Å². The molecule has 0 spiro atoms. The molecule has 0 radical (unpaired) electrons. The summed E-state index contributed by atoms with van der Waals surface area (Å²) < 4.78 is 15.5. The Morgan fingerprint density at radius 1 is 1.04 bits per heavy atom. The summed E-state index contributed by atoms with van der Waals surface area (Å²) in [6.45, 7) is 1.81. The fraction of sp³-hybridized carbons (Fsp3) is 0.316. The maximum absolute atomic E-state index is 13.0. The third-order valence-corrected chi connectivity index (χ3v) is 4.20. The number of methoxy groups -OCH3 is 3. The van der Waals surface area contributed by atoms with Crippen molar-refractivity contribution >= 4 is 11.5 Å². The standard InChI is InChI=1S/C19H21NO6/c1-5-14(19(21)12-6-8-13(24-2)9-7-12)15-10-17(25-3)18(26-4)11-16(15)20(22)23/h6-11,14H,5H2,1-4H3. The number of carbonyl (C=O) groups is 1. The monoisotopic (exact) mass is 359 g/mol. The van der Waals surface area contributed by atoms with Crippen LogP contribution in [0.4, 0.5) is 5.69 Å². The molecule has 2 aromatic rings. The quantitative estimate of drug-likeness (QED) is 0.402. The number of nitro groups is 1. The first kappa shape index (κ1) is 19.2. The molecule has 0 saturated carbocycles. The average molecular weight is 359 g/mol. The first-order chi connectivity index (χ1) is 12.5. The van der Waals surface area contributed by atoms with Gasteiger partial charge in [-0.2, -0.15) is 0 Å². The molecule has 0 aliphatic heterocycles. The first-order valence-corrected chi connectivity index (χ1v) is 8.05. The predicted octanol–water partition coefficient (Wildman–Crippen LogP) is 4.00. The van der Waals surface area contributed by atoms with Gasteiger partial charge in [-0.3, -0.25) is 14.9 Å². The summed E-state index contributed by atoms with van der Waals surface area (Å²) in [5.41, 5.74) is 0.592. The first-order valence-electron chi connectivity index (χ1n) is 8.05. The van der Waals surface area contributed by atoms with Crippen LogP contribution >= 0.6 is 0 Å². The number of hydrogen-bond donors (Lipinski definition) is 0. The van der Waals surface area contributed by atoms with Crippen LogP contribution in [0.25, 0.3) is 0 Å². The van der Waals surface area contributed by atoms with Crippen molar-refractivity contribution in [1.82, 2.24) is 0 Å². The largest absolute Gasteiger partial charge is 0.497 e. The van der Waals surface area contributed by atoms with Crippen LogP contribution in [0.1, 0.15) is 35.2 Å². The van der Waals surface area contributed by atoms with E-state index in [-0.39, 0.29) is 17.2 Å². The molecule has 0 bridgehead atoms. The van der Waals surface area contributed by atoms with Crippen molar-refractivity contribution in [3.63, 3.8) is 0 Å². The second-order valence-electron chi connectivity index (χ2n) is 5.58. The lowest BCUT2D eigenvalue weighted by atomic mass is 9.87. The number of Topliss-reactive ketones (excluding diaryl/α,β-unsaturated/α-hetero) is 1. The van der Waals surface area contributed by atoms with E-state index < -0.39 is 10.8 Å². The average Bonchev–Trinajstić information content (AvgIpc) is 2.67. The third kappa shape index (κ3) is 3.77. The van der Waals surface area contributed by atoms with Gasteiger partial charge in [0.25, 0.3) is 5.69 Å². The minimum Gasteiger partial charge on any atom is -0.497 e. The summed E-state index contributed by atoms with van der Waals surface area (Å²) in [5.74, 6) is 0.338. The van der Waals surface area contributed by atoms with E-state index in [2.05, 4.69) is 0 Å². The van der Waals surface area contributed by atoms with Gasteiger partial charge >= 0.3 is 0 Å². The smallest absolute Gasteiger partial charge is 0.277 e. The summed E-state index contributed by atoms with van der Waals surface area (Å²) in [5, 5.41) is 11.5. The topological polar surface area (TPSA) is 87.9 Å². The SMILES string of the molecule is CCC(C(=O)c1ccc(OC)cc1)c1cc(OC)c(OC)cc1[N+](=O)[O-]. The Balaban J connectivity index is 2.53. The van der Waals surface area contributed by atoms with Gasteiger partial charge in [-0.15, -0.1) is 0 Å². The molecule has 0 aromatic heterocycles. The van der Waals surface area contributed by atoms with E-state index in [0.29, 0.717) is 29.0 Å². The van der Waals surface area contributed by atoms with Gasteiger partial charge < -0.3 is 14.2 Å². The molecule has 0 heterocycles. The van der Waals surface area contributed by atoms with Crippen LogP contribution in [0.2, 0.25) is 0 Å². The van der Waals surface area contributed by atoms with Crippen LogP contribution in [-0.2, 0) is 0 Å². The van der Waals surface area contributed by atoms with Crippen molar-refractivity contribution in [2.24, 2.45) is 0 Å². The van der Waals surface area contributed by atoms with E-state index >= 15 is 0 Å². The number of rotatable bonds is 8. The summed E-state index contributed by atoms with van der Waals surface area (Å²) in [7, 11) is 4.39. The van der Waals surface area contributed by atoms with Crippen molar-refractivity contribution < 1.29 is 23.9 Å². The van der Waals surface area contributed by atoms with Gasteiger partial charge in [-0.25, -0.2) is 0 Å². The zero-order valence-corrected chi connectivity index (χ0v) is 15.1. The van der Waals surface area contributed by atoms with Gasteiger partial charge in [0.15, 0.2) is 17.3 Å². The Labute approximate surface area is 151 Å². The van der Waals surface area contributed by atoms with Gasteiger partial charge in [-0.05, 0) is 36.8 Å². The van der Waals surface area contributed by atoms with Crippen LogP contribution in [0.3, 0.4) is 0 Å². The maximum atomic E-state index is 13.0. The molecule has 0 N–H and O–H groups in total. The molecule has 0 aliphatic carbocycles. The van der Waals surface area contributed by atoms with Gasteiger partial charge in [0.2, 0.25) is 0 Å². The molecule has 26 heavy (non-hydrogen) atoms. The van der Waals surface area contributed by atoms with Crippen LogP contribution in [0.15, 0.2) is 36.4 Å². The van der Waals surface area contributed by atoms with Gasteiger partial charge in [0, 0.05) is 11.1 Å². The van der Waals surface area contributed by atoms with E-state index in [0.717, 1.165) is 0 Å². The molecule has 138 valence electrons. The molecule has 0 fully saturated rings. The van der Waals surface area contributed by atoms with Crippen LogP contribution in [0.5, 0.6) is 17.2 Å². The summed E-state index contributed by atoms with van der Waals surface area (Å²) in [6.07, 6.45) is 0.404. The van der Waals surface area contributed by atoms with Crippen molar-refractivity contribution in [3.8, 4) is 17.2 Å². The number of nitro benzene ring substituents is 1. The fourth-order valence-corrected chi connectivity index (χ4v) is 2.82. The van der Waals surface area contributed by atoms with Crippen LogP contribution in [0, 0.1) is 10.1 Å². The molecule has 0 aliphatic rings. The summed E-state index contributed by atoms with van der Waals surface area (Å²) >= 11 is 0. The minimum atomic E-state index is -0.677. The van der Waals surface area contributed by atoms with Crippen molar-refractivity contribution in [1.29, 1.82) is 0 Å². The summed E-state index contributed by atoms with van der Waals surface area (Å²) in [6, 6.07) is 9.46. The number of ketones is 1. The second-order valence-corrected chi connectivity index (χ2v) is 5.58. The van der Waals surface area contributed by atoms with Crippen molar-refractivity contribution in [2.75, 3.05) is 21.3 Å². The maximum Gasteiger partial charge on any atom is 0.277 e. The van der Waals surface area contributed by atoms with Crippen LogP contribution < -0.4 is 14.2 Å². The third-order valence-electron chi connectivity index (χ3n) is 4.20. The molecule has 0 saturated heterocycles. The number of ether oxygens (including phenoxy) is 3. The molecule has 7 nitrogen and oxygen atoms in total. The lowest BCUT2D eigenvalue weighted by molar-refractivity contribution is -0.385. The van der Waals surface area contributed by atoms with E-state index in [4.69, 9.17) is 14.2 Å². The van der Waals surface area contributed by atoms with Crippen LogP contribution in [-0.4, -0.2) is 32.0 Å². The van der Waals surface area contributed by atoms with E-state index in [9.17, 15) is 14.9 Å². The molecule has 7 heteroatoms. The van der Waals surface area contributed by atoms with E-state index in [1.54, 1.807) is 31.4 Å². The Hall–Kier alpha value is -3.09. The summed E-state index contributed by atoms with van der Waals surface area (Å²) in [4.78, 5) is 24.0. The number of benzene rings is 2. The van der Waals surface area contributed by atoms with Crippen molar-refractivity contribution in [3.05, 3.63) is 57.6 Å². The Bertz CT molecular complexity index is 800. The van der Waals surface area contributed by atoms with Gasteiger partial charge in [-0.1, -0.05) is 6.92 Å². The second kappa shape index (κ2) is 8.33. The zero-order chi connectivity index (χ0) is 19.3. The Morgan fingerprint density at radius 2 is 1.62 bits per heavy atom. The lowest BCUT2D eigenvalue weighted by Gasteiger charge is -2.17. The normalized spacial score (nSPS) is 11.5. The van der Waals surface area contributed by atoms with Gasteiger partial charge in [0.05, 0.1) is 38.2 Å². The molecule has 1 atom stereocenters. The fourth-order valence-electron chi connectivity index (χ4n) is 2.82. The molecular formula is C19H21NO6. The number of carbonyl (C=O) groups excluding carboxylic acids is 1.